The summed E-state index contributed by atoms with van der Waals surface area (Å²) in [6.07, 6.45) is 3.46. The van der Waals surface area contributed by atoms with E-state index in [2.05, 4.69) is 41.2 Å². The number of carbonyl (C=O) groups excluding carboxylic acids is 1. The number of aromatic nitrogens is 4. The van der Waals surface area contributed by atoms with Gasteiger partial charge in [0, 0.05) is 42.0 Å². The van der Waals surface area contributed by atoms with E-state index in [4.69, 9.17) is 0 Å². The molecule has 2 N–H and O–H groups in total. The van der Waals surface area contributed by atoms with Gasteiger partial charge in [0.25, 0.3) is 5.91 Å². The number of H-pyrrole nitrogens is 1. The fraction of sp³-hybridized carbons (Fsp3) is 0.100. The molecule has 0 spiro atoms. The molecule has 0 fully saturated rings. The molecule has 0 atom stereocenters. The van der Waals surface area contributed by atoms with E-state index < -0.39 is 0 Å². The summed E-state index contributed by atoms with van der Waals surface area (Å²) in [5, 5.41) is 3.54. The van der Waals surface area contributed by atoms with Crippen LogP contribution in [0, 0.1) is 0 Å². The van der Waals surface area contributed by atoms with Crippen molar-refractivity contribution < 1.29 is 4.79 Å². The number of aromatic amines is 1. The Bertz CT molecular complexity index is 1160. The molecule has 1 aromatic carbocycles. The Hall–Kier alpha value is -3.26. The largest absolute Gasteiger partial charge is 0.354 e. The zero-order valence-electron chi connectivity index (χ0n) is 15.3. The second kappa shape index (κ2) is 7.40. The Morgan fingerprint density at radius 3 is 2.71 bits per heavy atom. The van der Waals surface area contributed by atoms with Crippen LogP contribution in [-0.4, -0.2) is 39.9 Å². The van der Waals surface area contributed by atoms with Crippen LogP contribution in [0.4, 0.5) is 11.6 Å². The number of benzene rings is 1. The third kappa shape index (κ3) is 3.34. The van der Waals surface area contributed by atoms with E-state index in [-0.39, 0.29) is 5.91 Å². The van der Waals surface area contributed by atoms with E-state index in [1.54, 1.807) is 19.4 Å². The van der Waals surface area contributed by atoms with Crippen molar-refractivity contribution in [2.75, 3.05) is 19.0 Å². The van der Waals surface area contributed by atoms with Crippen LogP contribution in [0.15, 0.2) is 59.3 Å². The maximum absolute atomic E-state index is 11.9. The molecule has 7 nitrogen and oxygen atoms in total. The highest BCUT2D eigenvalue weighted by Gasteiger charge is 2.15. The van der Waals surface area contributed by atoms with Crippen molar-refractivity contribution in [3.63, 3.8) is 0 Å². The van der Waals surface area contributed by atoms with Crippen molar-refractivity contribution in [1.82, 2.24) is 25.3 Å². The normalized spacial score (nSPS) is 10.8. The van der Waals surface area contributed by atoms with Crippen molar-refractivity contribution in [1.29, 1.82) is 0 Å². The molecule has 4 aromatic rings. The number of anilines is 2. The summed E-state index contributed by atoms with van der Waals surface area (Å²) in [5.74, 6) is 0.390. The Labute approximate surface area is 170 Å². The minimum atomic E-state index is -0.163. The minimum absolute atomic E-state index is 0.163. The monoisotopic (exact) mass is 436 g/mol. The average Bonchev–Trinajstić information content (AvgIpc) is 3.18. The number of pyridine rings is 1. The van der Waals surface area contributed by atoms with Crippen molar-refractivity contribution in [2.45, 2.75) is 0 Å². The maximum atomic E-state index is 11.9. The topological polar surface area (TPSA) is 86.8 Å². The van der Waals surface area contributed by atoms with Crippen LogP contribution in [0.3, 0.4) is 0 Å². The van der Waals surface area contributed by atoms with Gasteiger partial charge >= 0.3 is 0 Å². The number of amides is 1. The van der Waals surface area contributed by atoms with E-state index in [9.17, 15) is 4.79 Å². The third-order valence-corrected chi connectivity index (χ3v) is 5.02. The molecule has 0 bridgehead atoms. The predicted molar refractivity (Wildman–Crippen MR) is 113 cm³/mol. The predicted octanol–water partition coefficient (Wildman–Crippen LogP) is 3.91. The van der Waals surface area contributed by atoms with Gasteiger partial charge in [-0.25, -0.2) is 9.97 Å². The summed E-state index contributed by atoms with van der Waals surface area (Å²) >= 11 is 3.58. The van der Waals surface area contributed by atoms with Gasteiger partial charge in [-0.1, -0.05) is 6.07 Å². The van der Waals surface area contributed by atoms with Gasteiger partial charge in [0.15, 0.2) is 0 Å². The summed E-state index contributed by atoms with van der Waals surface area (Å²) in [5.41, 5.74) is 3.79. The van der Waals surface area contributed by atoms with Gasteiger partial charge in [-0.15, -0.1) is 0 Å². The van der Waals surface area contributed by atoms with E-state index in [1.807, 2.05) is 54.4 Å². The Kier molecular flexibility index (Phi) is 4.79. The molecule has 4 rings (SSSR count). The number of nitrogens with one attached hydrogen (secondary N) is 2. The Morgan fingerprint density at radius 1 is 1.11 bits per heavy atom. The average molecular weight is 437 g/mol. The summed E-state index contributed by atoms with van der Waals surface area (Å²) in [4.78, 5) is 30.3. The maximum Gasteiger partial charge on any atom is 0.267 e. The molecule has 8 heteroatoms. The molecular weight excluding hydrogens is 420 g/mol. The Balaban J connectivity index is 1.73. The lowest BCUT2D eigenvalue weighted by molar-refractivity contribution is 0.0959. The van der Waals surface area contributed by atoms with Gasteiger partial charge in [0.05, 0.1) is 16.9 Å². The lowest BCUT2D eigenvalue weighted by Gasteiger charge is -2.18. The van der Waals surface area contributed by atoms with E-state index in [0.29, 0.717) is 11.6 Å². The lowest BCUT2D eigenvalue weighted by atomic mass is 10.2. The summed E-state index contributed by atoms with van der Waals surface area (Å²) in [7, 11) is 3.51. The smallest absolute Gasteiger partial charge is 0.267 e. The van der Waals surface area contributed by atoms with Crippen molar-refractivity contribution in [3.05, 3.63) is 65.0 Å². The van der Waals surface area contributed by atoms with Gasteiger partial charge in [-0.05, 0) is 52.3 Å². The molecule has 0 aliphatic heterocycles. The van der Waals surface area contributed by atoms with Crippen LogP contribution in [0.1, 0.15) is 10.5 Å². The number of fused-ring (bicyclic) bond motifs is 1. The first-order valence-electron chi connectivity index (χ1n) is 8.59. The highest BCUT2D eigenvalue weighted by atomic mass is 79.9. The van der Waals surface area contributed by atoms with E-state index >= 15 is 0 Å². The summed E-state index contributed by atoms with van der Waals surface area (Å²) in [6.45, 7) is 0. The Morgan fingerprint density at radius 2 is 1.96 bits per heavy atom. The highest BCUT2D eigenvalue weighted by Crippen LogP contribution is 2.32. The second-order valence-electron chi connectivity index (χ2n) is 6.17. The molecule has 3 aromatic heterocycles. The molecule has 0 radical (unpaired) electrons. The molecule has 28 heavy (non-hydrogen) atoms. The summed E-state index contributed by atoms with van der Waals surface area (Å²) < 4.78 is 0.850. The number of halogens is 1. The summed E-state index contributed by atoms with van der Waals surface area (Å²) in [6, 6.07) is 13.3. The minimum Gasteiger partial charge on any atom is -0.354 e. The van der Waals surface area contributed by atoms with Crippen LogP contribution in [0.25, 0.3) is 22.3 Å². The fourth-order valence-electron chi connectivity index (χ4n) is 2.92. The van der Waals surface area contributed by atoms with Gasteiger partial charge in [-0.2, -0.15) is 0 Å². The lowest BCUT2D eigenvalue weighted by Crippen LogP contribution is -2.17. The molecule has 1 amide bonds. The first kappa shape index (κ1) is 18.1. The van der Waals surface area contributed by atoms with Crippen molar-refractivity contribution in [3.8, 4) is 11.4 Å². The SMILES string of the molecule is CNC(=O)c1cc2cc(N(C)c3nccc(-c4ccccn4)n3)cc(Br)c2[nH]1. The number of hydrogen-bond donors (Lipinski definition) is 2. The quantitative estimate of drug-likeness (QED) is 0.506. The second-order valence-corrected chi connectivity index (χ2v) is 7.02. The van der Waals surface area contributed by atoms with Crippen LogP contribution >= 0.6 is 15.9 Å². The molecule has 0 unspecified atom stereocenters. The van der Waals surface area contributed by atoms with Crippen molar-refractivity contribution in [2.24, 2.45) is 0 Å². The van der Waals surface area contributed by atoms with Crippen LogP contribution < -0.4 is 10.2 Å². The molecule has 0 aliphatic rings. The molecule has 0 aliphatic carbocycles. The standard InChI is InChI=1S/C20H17BrN6O/c1-22-19(28)17-10-12-9-13(11-14(21)18(12)25-17)27(2)20-24-8-6-16(26-20)15-5-3-4-7-23-15/h3-11,25H,1-2H3,(H,22,28). The molecule has 3 heterocycles. The number of nitrogens with zero attached hydrogens (tertiary/aromatic N) is 4. The van der Waals surface area contributed by atoms with E-state index in [1.165, 1.54) is 0 Å². The number of carbonyl (C=O) groups is 1. The first-order chi connectivity index (χ1) is 13.6. The van der Waals surface area contributed by atoms with Gasteiger partial charge in [0.2, 0.25) is 5.95 Å². The third-order valence-electron chi connectivity index (χ3n) is 4.39. The zero-order valence-corrected chi connectivity index (χ0v) is 16.9. The number of rotatable bonds is 4. The fourth-order valence-corrected chi connectivity index (χ4v) is 3.48. The van der Waals surface area contributed by atoms with Crippen LogP contribution in [0.5, 0.6) is 0 Å². The van der Waals surface area contributed by atoms with Gasteiger partial charge in [0.1, 0.15) is 5.69 Å². The van der Waals surface area contributed by atoms with Crippen LogP contribution in [-0.2, 0) is 0 Å². The molecule has 0 saturated carbocycles. The van der Waals surface area contributed by atoms with Gasteiger partial charge < -0.3 is 15.2 Å². The van der Waals surface area contributed by atoms with Crippen LogP contribution in [0.2, 0.25) is 0 Å². The molecule has 140 valence electrons. The van der Waals surface area contributed by atoms with Crippen molar-refractivity contribution >= 4 is 44.4 Å². The van der Waals surface area contributed by atoms with Gasteiger partial charge in [-0.3, -0.25) is 9.78 Å². The number of hydrogen-bond acceptors (Lipinski definition) is 5. The molecular formula is C20H17BrN6O. The molecule has 0 saturated heterocycles. The van der Waals surface area contributed by atoms with E-state index in [0.717, 1.165) is 32.5 Å². The zero-order chi connectivity index (χ0) is 19.7. The highest BCUT2D eigenvalue weighted by molar-refractivity contribution is 9.10. The first-order valence-corrected chi connectivity index (χ1v) is 9.38.